The van der Waals surface area contributed by atoms with Gasteiger partial charge >= 0.3 is 12.1 Å². The first kappa shape index (κ1) is 18.0. The number of amides is 1. The molecule has 1 aromatic heterocycles. The Morgan fingerprint density at radius 3 is 2.60 bits per heavy atom. The largest absolute Gasteiger partial charge is 0.459 e. The third-order valence-electron chi connectivity index (χ3n) is 5.27. The molecule has 2 heterocycles. The second-order valence-electron chi connectivity index (χ2n) is 7.80. The van der Waals surface area contributed by atoms with Gasteiger partial charge in [-0.1, -0.05) is 20.8 Å². The standard InChI is InChI=1S/C17H21F3N2O3/c1-15(2,3)10-6-7-12-11(9-10)16(24,17(18,19)20)22(21-12)14(23)13-5-4-8-25-13/h4-5,8,10-11,24H,6-7,9H2,1-3H3/t10-,11-,16-/m1/s1. The Morgan fingerprint density at radius 1 is 1.40 bits per heavy atom. The fraction of sp³-hybridized carbons (Fsp3) is 0.647. The lowest BCUT2D eigenvalue weighted by Crippen LogP contribution is -2.62. The van der Waals surface area contributed by atoms with Gasteiger partial charge in [-0.3, -0.25) is 4.79 Å². The first-order chi connectivity index (χ1) is 11.5. The van der Waals surface area contributed by atoms with Gasteiger partial charge < -0.3 is 9.52 Å². The van der Waals surface area contributed by atoms with Crippen LogP contribution in [0.1, 0.15) is 50.6 Å². The van der Waals surface area contributed by atoms with Crippen LogP contribution in [0.15, 0.2) is 27.9 Å². The van der Waals surface area contributed by atoms with Crippen LogP contribution in [0, 0.1) is 17.3 Å². The summed E-state index contributed by atoms with van der Waals surface area (Å²) in [7, 11) is 0. The second-order valence-corrected chi connectivity index (χ2v) is 7.80. The zero-order valence-corrected chi connectivity index (χ0v) is 14.3. The first-order valence-electron chi connectivity index (χ1n) is 8.20. The van der Waals surface area contributed by atoms with Crippen molar-refractivity contribution in [3.63, 3.8) is 0 Å². The van der Waals surface area contributed by atoms with Crippen molar-refractivity contribution in [3.05, 3.63) is 24.2 Å². The molecule has 0 unspecified atom stereocenters. The van der Waals surface area contributed by atoms with Crippen molar-refractivity contribution in [1.29, 1.82) is 0 Å². The zero-order valence-electron chi connectivity index (χ0n) is 14.3. The highest BCUT2D eigenvalue weighted by molar-refractivity contribution is 5.98. The Hall–Kier alpha value is -1.83. The Morgan fingerprint density at radius 2 is 2.08 bits per heavy atom. The summed E-state index contributed by atoms with van der Waals surface area (Å²) in [6.45, 7) is 5.90. The maximum Gasteiger partial charge on any atom is 0.439 e. The van der Waals surface area contributed by atoms with Crippen LogP contribution in [0.3, 0.4) is 0 Å². The monoisotopic (exact) mass is 358 g/mol. The van der Waals surface area contributed by atoms with Crippen LogP contribution >= 0.6 is 0 Å². The number of carbonyl (C=O) groups is 1. The van der Waals surface area contributed by atoms with Crippen molar-refractivity contribution >= 4 is 11.6 Å². The molecule has 1 amide bonds. The molecule has 1 aromatic rings. The summed E-state index contributed by atoms with van der Waals surface area (Å²) in [5.74, 6) is -2.66. The predicted octanol–water partition coefficient (Wildman–Crippen LogP) is 3.80. The molecular formula is C17H21F3N2O3. The minimum Gasteiger partial charge on any atom is -0.459 e. The average Bonchev–Trinajstić information content (AvgIpc) is 3.12. The Balaban J connectivity index is 2.01. The number of alkyl halides is 3. The van der Waals surface area contributed by atoms with Gasteiger partial charge in [0.05, 0.1) is 12.2 Å². The Bertz CT molecular complexity index is 691. The van der Waals surface area contributed by atoms with Crippen molar-refractivity contribution in [2.75, 3.05) is 0 Å². The summed E-state index contributed by atoms with van der Waals surface area (Å²) in [5.41, 5.74) is -3.33. The van der Waals surface area contributed by atoms with E-state index in [9.17, 15) is 23.1 Å². The van der Waals surface area contributed by atoms with E-state index in [2.05, 4.69) is 5.10 Å². The smallest absolute Gasteiger partial charge is 0.439 e. The van der Waals surface area contributed by atoms with Crippen LogP contribution in [-0.4, -0.2) is 33.6 Å². The molecule has 1 aliphatic heterocycles. The van der Waals surface area contributed by atoms with Crippen LogP contribution in [-0.2, 0) is 0 Å². The number of furan rings is 1. The summed E-state index contributed by atoms with van der Waals surface area (Å²) < 4.78 is 46.4. The third-order valence-corrected chi connectivity index (χ3v) is 5.27. The predicted molar refractivity (Wildman–Crippen MR) is 83.6 cm³/mol. The lowest BCUT2D eigenvalue weighted by molar-refractivity contribution is -0.314. The van der Waals surface area contributed by atoms with Crippen LogP contribution in [0.2, 0.25) is 0 Å². The molecule has 2 aliphatic rings. The third kappa shape index (κ3) is 2.76. The minimum atomic E-state index is -5.04. The molecule has 3 rings (SSSR count). The topological polar surface area (TPSA) is 66.0 Å². The first-order valence-corrected chi connectivity index (χ1v) is 8.20. The fourth-order valence-electron chi connectivity index (χ4n) is 3.71. The van der Waals surface area contributed by atoms with E-state index in [1.54, 1.807) is 0 Å². The molecular weight excluding hydrogens is 337 g/mol. The van der Waals surface area contributed by atoms with Crippen LogP contribution < -0.4 is 0 Å². The lowest BCUT2D eigenvalue weighted by Gasteiger charge is -2.42. The van der Waals surface area contributed by atoms with Crippen molar-refractivity contribution in [1.82, 2.24) is 5.01 Å². The number of hydrogen-bond acceptors (Lipinski definition) is 4. The highest BCUT2D eigenvalue weighted by Gasteiger charge is 2.69. The van der Waals surface area contributed by atoms with Gasteiger partial charge in [-0.05, 0) is 42.7 Å². The summed E-state index contributed by atoms with van der Waals surface area (Å²) in [4.78, 5) is 12.5. The number of hydrazone groups is 1. The highest BCUT2D eigenvalue weighted by atomic mass is 19.4. The fourth-order valence-corrected chi connectivity index (χ4v) is 3.71. The van der Waals surface area contributed by atoms with Gasteiger partial charge in [0.15, 0.2) is 5.76 Å². The second kappa shape index (κ2) is 5.59. The number of carbonyl (C=O) groups excluding carboxylic acids is 1. The molecule has 5 nitrogen and oxygen atoms in total. The summed E-state index contributed by atoms with van der Waals surface area (Å²) in [5, 5.41) is 14.7. The number of rotatable bonds is 1. The van der Waals surface area contributed by atoms with Gasteiger partial charge in [0.1, 0.15) is 0 Å². The van der Waals surface area contributed by atoms with E-state index in [0.717, 1.165) is 0 Å². The number of hydrogen-bond donors (Lipinski definition) is 1. The Labute approximate surface area is 143 Å². The number of fused-ring (bicyclic) bond motifs is 1. The zero-order chi connectivity index (χ0) is 18.6. The molecule has 8 heteroatoms. The average molecular weight is 358 g/mol. The number of halogens is 3. The van der Waals surface area contributed by atoms with Crippen molar-refractivity contribution in [2.45, 2.75) is 51.9 Å². The van der Waals surface area contributed by atoms with Crippen molar-refractivity contribution in [3.8, 4) is 0 Å². The molecule has 1 fully saturated rings. The van der Waals surface area contributed by atoms with Gasteiger partial charge in [0, 0.05) is 5.71 Å². The van der Waals surface area contributed by atoms with Crippen molar-refractivity contribution in [2.24, 2.45) is 22.4 Å². The van der Waals surface area contributed by atoms with Crippen LogP contribution in [0.4, 0.5) is 13.2 Å². The summed E-state index contributed by atoms with van der Waals surface area (Å²) in [6.07, 6.45) is -2.72. The molecule has 0 aromatic carbocycles. The molecule has 138 valence electrons. The molecule has 0 saturated heterocycles. The van der Waals surface area contributed by atoms with E-state index >= 15 is 0 Å². The quantitative estimate of drug-likeness (QED) is 0.830. The summed E-state index contributed by atoms with van der Waals surface area (Å²) >= 11 is 0. The van der Waals surface area contributed by atoms with Gasteiger partial charge in [-0.15, -0.1) is 0 Å². The van der Waals surface area contributed by atoms with E-state index in [4.69, 9.17) is 4.42 Å². The van der Waals surface area contributed by atoms with Gasteiger partial charge in [0.2, 0.25) is 0 Å². The van der Waals surface area contributed by atoms with Gasteiger partial charge in [0.25, 0.3) is 5.72 Å². The van der Waals surface area contributed by atoms with Crippen LogP contribution in [0.5, 0.6) is 0 Å². The van der Waals surface area contributed by atoms with Crippen molar-refractivity contribution < 1.29 is 27.5 Å². The molecule has 0 bridgehead atoms. The molecule has 25 heavy (non-hydrogen) atoms. The number of aliphatic hydroxyl groups is 1. The van der Waals surface area contributed by atoms with E-state index in [1.165, 1.54) is 18.4 Å². The molecule has 1 aliphatic carbocycles. The molecule has 1 N–H and O–H groups in total. The Kier molecular flexibility index (Phi) is 4.02. The van der Waals surface area contributed by atoms with E-state index < -0.39 is 23.7 Å². The molecule has 0 spiro atoms. The maximum atomic E-state index is 13.8. The van der Waals surface area contributed by atoms with Gasteiger partial charge in [-0.25, -0.2) is 0 Å². The van der Waals surface area contributed by atoms with Gasteiger partial charge in [-0.2, -0.15) is 23.3 Å². The minimum absolute atomic E-state index is 0.0102. The van der Waals surface area contributed by atoms with Crippen LogP contribution in [0.25, 0.3) is 0 Å². The van der Waals surface area contributed by atoms with E-state index in [-0.39, 0.29) is 34.2 Å². The number of nitrogens with zero attached hydrogens (tertiary/aromatic N) is 2. The molecule has 3 atom stereocenters. The van der Waals surface area contributed by atoms with E-state index in [0.29, 0.717) is 12.8 Å². The normalized spacial score (nSPS) is 30.2. The highest BCUT2D eigenvalue weighted by Crippen LogP contribution is 2.52. The summed E-state index contributed by atoms with van der Waals surface area (Å²) in [6, 6.07) is 2.64. The molecule has 0 radical (unpaired) electrons. The SMILES string of the molecule is CC(C)(C)[C@@H]1CCC2=NN(C(=O)c3ccco3)[C@](O)(C(F)(F)F)[C@@H]2C1. The van der Waals surface area contributed by atoms with E-state index in [1.807, 2.05) is 20.8 Å². The molecule has 1 saturated carbocycles. The maximum absolute atomic E-state index is 13.8. The lowest BCUT2D eigenvalue weighted by atomic mass is 9.66.